The van der Waals surface area contributed by atoms with Gasteiger partial charge in [-0.2, -0.15) is 0 Å². The smallest absolute Gasteiger partial charge is 0.186 e. The molecule has 2 atom stereocenters. The Morgan fingerprint density at radius 3 is 1.88 bits per heavy atom. The Balaban J connectivity index is 0. The first-order valence-corrected chi connectivity index (χ1v) is 9.66. The van der Waals surface area contributed by atoms with Gasteiger partial charge in [-0.05, 0) is 18.8 Å². The number of Topliss-reactive ketones (excluding diaryl/α,β-unsaturated/α-hetero) is 1. The Hall–Kier alpha value is -1.47. The summed E-state index contributed by atoms with van der Waals surface area (Å²) < 4.78 is 0. The molecule has 0 aliphatic carbocycles. The Labute approximate surface area is 158 Å². The highest BCUT2D eigenvalue weighted by Gasteiger charge is 2.10. The second kappa shape index (κ2) is 15.8. The van der Waals surface area contributed by atoms with Crippen LogP contribution in [0.25, 0.3) is 0 Å². The molecule has 154 valence electrons. The number of rotatable bonds is 12. The number of carbonyl (C=O) groups is 2. The fourth-order valence-corrected chi connectivity index (χ4v) is 1.99. The van der Waals surface area contributed by atoms with Crippen LogP contribution >= 0.6 is 0 Å². The monoisotopic (exact) mass is 373 g/mol. The number of carboxylic acid groups (broad SMARTS) is 1. The summed E-state index contributed by atoms with van der Waals surface area (Å²) in [6.07, 6.45) is 5.53. The summed E-state index contributed by atoms with van der Waals surface area (Å²) in [5.41, 5.74) is 12.9. The van der Waals surface area contributed by atoms with E-state index in [-0.39, 0.29) is 11.8 Å². The number of hydrogen-bond acceptors (Lipinski definition) is 4. The number of unbranched alkanes of at least 4 members (excludes halogenated alkanes) is 1. The molecule has 7 nitrogen and oxygen atoms in total. The Morgan fingerprint density at radius 2 is 1.46 bits per heavy atom. The second-order valence-electron chi connectivity index (χ2n) is 7.61. The van der Waals surface area contributed by atoms with Gasteiger partial charge in [-0.25, -0.2) is 0 Å². The highest BCUT2D eigenvalue weighted by molar-refractivity contribution is 5.82. The van der Waals surface area contributed by atoms with Crippen molar-refractivity contribution in [3.8, 4) is 0 Å². The van der Waals surface area contributed by atoms with Crippen molar-refractivity contribution in [2.75, 3.05) is 6.54 Å². The van der Waals surface area contributed by atoms with Crippen LogP contribution in [0.3, 0.4) is 0 Å². The predicted octanol–water partition coefficient (Wildman–Crippen LogP) is -0.457. The molecular formula is C19H41N4O3+. The van der Waals surface area contributed by atoms with E-state index in [0.717, 1.165) is 25.7 Å². The molecule has 0 amide bonds. The lowest BCUT2D eigenvalue weighted by Gasteiger charge is -2.09. The summed E-state index contributed by atoms with van der Waals surface area (Å²) in [5, 5.41) is 10.3. The molecule has 0 rings (SSSR count). The van der Waals surface area contributed by atoms with Gasteiger partial charge in [0.25, 0.3) is 0 Å². The summed E-state index contributed by atoms with van der Waals surface area (Å²) in [5.74, 6) is 0.813. The van der Waals surface area contributed by atoms with E-state index in [0.29, 0.717) is 30.6 Å². The van der Waals surface area contributed by atoms with Gasteiger partial charge in [-0.1, -0.05) is 40.5 Å². The molecule has 0 spiro atoms. The number of carboxylic acids is 1. The Morgan fingerprint density at radius 1 is 0.962 bits per heavy atom. The maximum Gasteiger partial charge on any atom is 0.186 e. The molecule has 0 aromatic carbocycles. The van der Waals surface area contributed by atoms with Crippen LogP contribution in [0.2, 0.25) is 0 Å². The third-order valence-electron chi connectivity index (χ3n) is 4.09. The molecule has 0 saturated heterocycles. The summed E-state index contributed by atoms with van der Waals surface area (Å²) in [6, 6.07) is -0.623. The maximum absolute atomic E-state index is 10.9. The molecule has 7 heteroatoms. The van der Waals surface area contributed by atoms with E-state index in [4.69, 9.17) is 5.73 Å². The lowest BCUT2D eigenvalue weighted by atomic mass is 10.0. The zero-order valence-electron chi connectivity index (χ0n) is 17.4. The number of amidine groups is 1. The third-order valence-corrected chi connectivity index (χ3v) is 4.09. The summed E-state index contributed by atoms with van der Waals surface area (Å²) in [6.45, 7) is 10.6. The number of quaternary nitrogens is 2. The normalized spacial score (nSPS) is 14.0. The van der Waals surface area contributed by atoms with Gasteiger partial charge >= 0.3 is 0 Å². The van der Waals surface area contributed by atoms with Gasteiger partial charge in [0, 0.05) is 32.2 Å². The first kappa shape index (κ1) is 26.8. The van der Waals surface area contributed by atoms with Gasteiger partial charge in [0.1, 0.15) is 12.1 Å². The van der Waals surface area contributed by atoms with E-state index in [1.165, 1.54) is 6.42 Å². The lowest BCUT2D eigenvalue weighted by Crippen LogP contribution is -2.68. The minimum atomic E-state index is -1.03. The summed E-state index contributed by atoms with van der Waals surface area (Å²) in [7, 11) is 0. The van der Waals surface area contributed by atoms with Gasteiger partial charge in [0.2, 0.25) is 0 Å². The van der Waals surface area contributed by atoms with E-state index in [1.807, 2.05) is 13.8 Å². The van der Waals surface area contributed by atoms with E-state index in [1.54, 1.807) is 6.92 Å². The molecule has 2 unspecified atom stereocenters. The van der Waals surface area contributed by atoms with Gasteiger partial charge in [-0.3, -0.25) is 9.79 Å². The van der Waals surface area contributed by atoms with Crippen molar-refractivity contribution in [1.82, 2.24) is 0 Å². The van der Waals surface area contributed by atoms with Crippen molar-refractivity contribution in [2.24, 2.45) is 22.6 Å². The molecule has 0 fully saturated rings. The van der Waals surface area contributed by atoms with E-state index < -0.39 is 12.0 Å². The standard InChI is InChI=1S/C10H21N3O.C9H19NO2/c1-7(2)10(12)13-6-4-5-9(11)8(3)14;1-7(2)5-3-4-6-8(10)9(11)12/h7,9H,4-6,11H2,1-3H3,(H2,12,13);7-8H,3-6,10H2,1-2H3,(H,11,12)/p+1. The van der Waals surface area contributed by atoms with Crippen molar-refractivity contribution in [2.45, 2.75) is 85.2 Å². The highest BCUT2D eigenvalue weighted by Crippen LogP contribution is 2.08. The molecule has 8 N–H and O–H groups in total. The van der Waals surface area contributed by atoms with Crippen LogP contribution in [-0.4, -0.2) is 36.2 Å². The quantitative estimate of drug-likeness (QED) is 0.241. The van der Waals surface area contributed by atoms with Gasteiger partial charge in [0.05, 0.1) is 11.8 Å². The Kier molecular flexibility index (Phi) is 16.2. The molecule has 0 aromatic rings. The largest absolute Gasteiger partial charge is 0.544 e. The van der Waals surface area contributed by atoms with Gasteiger partial charge < -0.3 is 27.1 Å². The molecule has 0 aliphatic heterocycles. The summed E-state index contributed by atoms with van der Waals surface area (Å²) >= 11 is 0. The van der Waals surface area contributed by atoms with E-state index in [9.17, 15) is 14.7 Å². The van der Waals surface area contributed by atoms with Crippen molar-refractivity contribution in [1.29, 1.82) is 0 Å². The molecule has 26 heavy (non-hydrogen) atoms. The minimum Gasteiger partial charge on any atom is -0.544 e. The molecule has 0 aromatic heterocycles. The molecular weight excluding hydrogens is 332 g/mol. The second-order valence-corrected chi connectivity index (χ2v) is 7.61. The predicted molar refractivity (Wildman–Crippen MR) is 103 cm³/mol. The molecule has 0 bridgehead atoms. The van der Waals surface area contributed by atoms with E-state index in [2.05, 4.69) is 30.3 Å². The van der Waals surface area contributed by atoms with Crippen LogP contribution in [-0.2, 0) is 9.59 Å². The first-order valence-electron chi connectivity index (χ1n) is 9.66. The number of aliphatic carboxylic acids is 1. The van der Waals surface area contributed by atoms with Crippen LogP contribution in [0.15, 0.2) is 4.99 Å². The topological polar surface area (TPSA) is 151 Å². The zero-order chi connectivity index (χ0) is 20.7. The molecule has 0 radical (unpaired) electrons. The lowest BCUT2D eigenvalue weighted by molar-refractivity contribution is -0.438. The average molecular weight is 374 g/mol. The number of carbonyl (C=O) groups excluding carboxylic acids is 2. The molecule has 0 saturated carbocycles. The fourth-order valence-electron chi connectivity index (χ4n) is 1.99. The SMILES string of the molecule is CC(=O)C([NH3+])CCCN=C(N)C(C)C.CC(C)CCCCC([NH3+])C(=O)[O-]. The fraction of sp³-hybridized carbons (Fsp3) is 0.842. The minimum absolute atomic E-state index is 0.0922. The average Bonchev–Trinajstić information content (AvgIpc) is 2.54. The number of ketones is 1. The first-order chi connectivity index (χ1) is 12.0. The van der Waals surface area contributed by atoms with Crippen molar-refractivity contribution in [3.63, 3.8) is 0 Å². The van der Waals surface area contributed by atoms with Crippen LogP contribution in [0.4, 0.5) is 0 Å². The van der Waals surface area contributed by atoms with E-state index >= 15 is 0 Å². The number of nitrogens with zero attached hydrogens (tertiary/aromatic N) is 1. The van der Waals surface area contributed by atoms with Crippen molar-refractivity contribution >= 4 is 17.6 Å². The highest BCUT2D eigenvalue weighted by atomic mass is 16.4. The maximum atomic E-state index is 10.9. The van der Waals surface area contributed by atoms with Crippen LogP contribution in [0.5, 0.6) is 0 Å². The van der Waals surface area contributed by atoms with Crippen LogP contribution in [0, 0.1) is 11.8 Å². The number of hydrogen-bond donors (Lipinski definition) is 3. The number of nitrogens with two attached hydrogens (primary N) is 1. The van der Waals surface area contributed by atoms with Crippen molar-refractivity contribution in [3.05, 3.63) is 0 Å². The van der Waals surface area contributed by atoms with Crippen molar-refractivity contribution < 1.29 is 26.2 Å². The van der Waals surface area contributed by atoms with Crippen LogP contribution < -0.4 is 22.3 Å². The summed E-state index contributed by atoms with van der Waals surface area (Å²) in [4.78, 5) is 25.3. The Bertz CT molecular complexity index is 423. The molecule has 0 aliphatic rings. The van der Waals surface area contributed by atoms with Crippen LogP contribution in [0.1, 0.15) is 73.1 Å². The number of aliphatic imine (C=N–C) groups is 1. The van der Waals surface area contributed by atoms with Gasteiger partial charge in [-0.15, -0.1) is 0 Å². The van der Waals surface area contributed by atoms with Gasteiger partial charge in [0.15, 0.2) is 5.78 Å². The third kappa shape index (κ3) is 17.4. The zero-order valence-corrected chi connectivity index (χ0v) is 17.4. The molecule has 0 heterocycles.